The second-order valence-corrected chi connectivity index (χ2v) is 8.67. The van der Waals surface area contributed by atoms with E-state index in [1.54, 1.807) is 36.4 Å². The van der Waals surface area contributed by atoms with Crippen LogP contribution in [0.15, 0.2) is 42.5 Å². The molecule has 1 unspecified atom stereocenters. The van der Waals surface area contributed by atoms with Crippen LogP contribution in [0.1, 0.15) is 52.7 Å². The molecule has 3 N–H and O–H groups in total. The lowest BCUT2D eigenvalue weighted by molar-refractivity contribution is -0.138. The zero-order valence-corrected chi connectivity index (χ0v) is 19.9. The van der Waals surface area contributed by atoms with Crippen molar-refractivity contribution in [3.8, 4) is 17.6 Å². The Hall–Kier alpha value is -4.65. The number of piperidine rings is 1. The van der Waals surface area contributed by atoms with Gasteiger partial charge in [0, 0.05) is 37.4 Å². The lowest BCUT2D eigenvalue weighted by atomic mass is 10.0. The van der Waals surface area contributed by atoms with Crippen LogP contribution in [-0.4, -0.2) is 52.3 Å². The molecule has 0 aromatic heterocycles. The molecule has 37 heavy (non-hydrogen) atoms. The summed E-state index contributed by atoms with van der Waals surface area (Å²) in [4.78, 5) is 60.8. The molecule has 4 amide bonds. The Balaban J connectivity index is 1.33. The van der Waals surface area contributed by atoms with Crippen molar-refractivity contribution in [2.45, 2.75) is 44.8 Å². The molecule has 2 aliphatic heterocycles. The number of ether oxygens (including phenoxy) is 1. The summed E-state index contributed by atoms with van der Waals surface area (Å²) in [6.45, 7) is 0.672. The highest BCUT2D eigenvalue weighted by atomic mass is 16.5. The molecule has 190 valence electrons. The molecule has 0 radical (unpaired) electrons. The van der Waals surface area contributed by atoms with Crippen LogP contribution >= 0.6 is 0 Å². The monoisotopic (exact) mass is 503 g/mol. The van der Waals surface area contributed by atoms with Crippen molar-refractivity contribution in [3.63, 3.8) is 0 Å². The molecule has 1 fully saturated rings. The standard InChI is InChI=1S/C27H25N3O7/c31-23(11-8-18-4-1-2-5-22(18)37-13-3-6-25(33)34)28-15-17-7-9-20-19(14-17)16-30(27(20)36)21-10-12-24(32)29-26(21)35/h1-2,4-5,7,9,14,21H,3,6,10,12-13,15-16H2,(H,28,31)(H,33,34)(H,29,32,35). The van der Waals surface area contributed by atoms with E-state index in [9.17, 15) is 24.0 Å². The number of rotatable bonds is 8. The maximum absolute atomic E-state index is 12.8. The van der Waals surface area contributed by atoms with E-state index >= 15 is 0 Å². The van der Waals surface area contributed by atoms with E-state index in [0.29, 0.717) is 29.7 Å². The summed E-state index contributed by atoms with van der Waals surface area (Å²) in [6.07, 6.45) is 0.843. The second-order valence-electron chi connectivity index (χ2n) is 8.67. The number of nitrogens with one attached hydrogen (secondary N) is 2. The van der Waals surface area contributed by atoms with Crippen molar-refractivity contribution < 1.29 is 33.8 Å². The predicted molar refractivity (Wildman–Crippen MR) is 130 cm³/mol. The van der Waals surface area contributed by atoms with E-state index < -0.39 is 23.8 Å². The Morgan fingerprint density at radius 1 is 1.16 bits per heavy atom. The molecule has 10 heteroatoms. The fourth-order valence-electron chi connectivity index (χ4n) is 4.19. The minimum atomic E-state index is -0.894. The molecule has 10 nitrogen and oxygen atoms in total. The lowest BCUT2D eigenvalue weighted by Crippen LogP contribution is -2.52. The van der Waals surface area contributed by atoms with Gasteiger partial charge in [0.05, 0.1) is 12.2 Å². The van der Waals surface area contributed by atoms with Crippen molar-refractivity contribution in [2.24, 2.45) is 0 Å². The number of fused-ring (bicyclic) bond motifs is 1. The summed E-state index contributed by atoms with van der Waals surface area (Å²) in [6, 6.07) is 11.5. The molecule has 0 bridgehead atoms. The predicted octanol–water partition coefficient (Wildman–Crippen LogP) is 1.36. The highest BCUT2D eigenvalue weighted by molar-refractivity contribution is 6.05. The second kappa shape index (κ2) is 11.4. The third-order valence-corrected chi connectivity index (χ3v) is 6.03. The van der Waals surface area contributed by atoms with Gasteiger partial charge in [-0.1, -0.05) is 30.2 Å². The average molecular weight is 504 g/mol. The molecule has 0 saturated carbocycles. The molecule has 4 rings (SSSR count). The van der Waals surface area contributed by atoms with Crippen LogP contribution in [0.5, 0.6) is 5.75 Å². The number of aliphatic carboxylic acids is 1. The smallest absolute Gasteiger partial charge is 0.303 e. The number of amides is 4. The Morgan fingerprint density at radius 3 is 2.76 bits per heavy atom. The number of carbonyl (C=O) groups excluding carboxylic acids is 4. The normalized spacial score (nSPS) is 16.4. The molecule has 2 aromatic rings. The van der Waals surface area contributed by atoms with Crippen molar-refractivity contribution in [1.29, 1.82) is 0 Å². The van der Waals surface area contributed by atoms with E-state index in [-0.39, 0.29) is 44.4 Å². The van der Waals surface area contributed by atoms with E-state index in [4.69, 9.17) is 9.84 Å². The summed E-state index contributed by atoms with van der Waals surface area (Å²) < 4.78 is 5.59. The number of para-hydroxylation sites is 1. The first-order valence-corrected chi connectivity index (χ1v) is 11.8. The first-order chi connectivity index (χ1) is 17.8. The Labute approximate surface area is 213 Å². The minimum absolute atomic E-state index is 0.00204. The van der Waals surface area contributed by atoms with E-state index in [1.807, 2.05) is 6.07 Å². The SMILES string of the molecule is O=C(O)CCCOc1ccccc1C#CC(=O)NCc1ccc2c(c1)CN(C1CCC(=O)NC1=O)C2=O. The number of benzene rings is 2. The number of hydrogen-bond acceptors (Lipinski definition) is 6. The van der Waals surface area contributed by atoms with Crippen LogP contribution in [0, 0.1) is 11.8 Å². The molecule has 2 aliphatic rings. The van der Waals surface area contributed by atoms with E-state index in [0.717, 1.165) is 11.1 Å². The van der Waals surface area contributed by atoms with Crippen molar-refractivity contribution in [1.82, 2.24) is 15.5 Å². The van der Waals surface area contributed by atoms with Gasteiger partial charge in [-0.25, -0.2) is 0 Å². The fourth-order valence-corrected chi connectivity index (χ4v) is 4.19. The van der Waals surface area contributed by atoms with Gasteiger partial charge in [-0.3, -0.25) is 29.3 Å². The van der Waals surface area contributed by atoms with Gasteiger partial charge in [0.1, 0.15) is 11.8 Å². The van der Waals surface area contributed by atoms with Crippen molar-refractivity contribution >= 4 is 29.6 Å². The lowest BCUT2D eigenvalue weighted by Gasteiger charge is -2.29. The molecule has 0 spiro atoms. The largest absolute Gasteiger partial charge is 0.492 e. The molecule has 2 heterocycles. The first-order valence-electron chi connectivity index (χ1n) is 11.8. The molecule has 1 saturated heterocycles. The highest BCUT2D eigenvalue weighted by Gasteiger charge is 2.39. The zero-order chi connectivity index (χ0) is 26.4. The number of nitrogens with zero attached hydrogens (tertiary/aromatic N) is 1. The molecule has 0 aliphatic carbocycles. The van der Waals surface area contributed by atoms with Gasteiger partial charge in [-0.15, -0.1) is 0 Å². The summed E-state index contributed by atoms with van der Waals surface area (Å²) >= 11 is 0. The number of hydrogen-bond donors (Lipinski definition) is 3. The topological polar surface area (TPSA) is 142 Å². The van der Waals surface area contributed by atoms with Crippen molar-refractivity contribution in [2.75, 3.05) is 6.61 Å². The van der Waals surface area contributed by atoms with Crippen LogP contribution in [0.4, 0.5) is 0 Å². The Morgan fingerprint density at radius 2 is 1.97 bits per heavy atom. The first kappa shape index (κ1) is 25.4. The third-order valence-electron chi connectivity index (χ3n) is 6.03. The number of imide groups is 1. The third kappa shape index (κ3) is 6.32. The number of carbonyl (C=O) groups is 5. The number of carboxylic acid groups (broad SMARTS) is 1. The molecule has 1 atom stereocenters. The van der Waals surface area contributed by atoms with Crippen LogP contribution in [0.3, 0.4) is 0 Å². The van der Waals surface area contributed by atoms with Gasteiger partial charge < -0.3 is 20.1 Å². The van der Waals surface area contributed by atoms with Gasteiger partial charge in [0.15, 0.2) is 0 Å². The maximum atomic E-state index is 12.8. The van der Waals surface area contributed by atoms with Crippen LogP contribution < -0.4 is 15.4 Å². The van der Waals surface area contributed by atoms with Crippen LogP contribution in [0.2, 0.25) is 0 Å². The van der Waals surface area contributed by atoms with Gasteiger partial charge >= 0.3 is 5.97 Å². The van der Waals surface area contributed by atoms with Gasteiger partial charge in [-0.2, -0.15) is 0 Å². The Bertz CT molecular complexity index is 1320. The Kier molecular flexibility index (Phi) is 7.83. The fraction of sp³-hybridized carbons (Fsp3) is 0.296. The summed E-state index contributed by atoms with van der Waals surface area (Å²) in [5.74, 6) is 3.33. The molecular weight excluding hydrogens is 478 g/mol. The quantitative estimate of drug-likeness (QED) is 0.281. The summed E-state index contributed by atoms with van der Waals surface area (Å²) in [7, 11) is 0. The summed E-state index contributed by atoms with van der Waals surface area (Å²) in [5, 5.41) is 13.7. The van der Waals surface area contributed by atoms with E-state index in [1.165, 1.54) is 4.90 Å². The van der Waals surface area contributed by atoms with Gasteiger partial charge in [-0.05, 0) is 42.2 Å². The average Bonchev–Trinajstić information content (AvgIpc) is 3.20. The highest BCUT2D eigenvalue weighted by Crippen LogP contribution is 2.28. The zero-order valence-electron chi connectivity index (χ0n) is 19.9. The van der Waals surface area contributed by atoms with Crippen molar-refractivity contribution in [3.05, 3.63) is 64.7 Å². The van der Waals surface area contributed by atoms with Gasteiger partial charge in [0.2, 0.25) is 11.8 Å². The van der Waals surface area contributed by atoms with Gasteiger partial charge in [0.25, 0.3) is 11.8 Å². The minimum Gasteiger partial charge on any atom is -0.492 e. The maximum Gasteiger partial charge on any atom is 0.303 e. The number of carboxylic acids is 1. The molecular formula is C27H25N3O7. The summed E-state index contributed by atoms with van der Waals surface area (Å²) in [5.41, 5.74) is 2.53. The van der Waals surface area contributed by atoms with E-state index in [2.05, 4.69) is 22.5 Å². The van der Waals surface area contributed by atoms with Crippen LogP contribution in [-0.2, 0) is 32.3 Å². The van der Waals surface area contributed by atoms with Crippen LogP contribution in [0.25, 0.3) is 0 Å². The molecule has 2 aromatic carbocycles.